The van der Waals surface area contributed by atoms with Gasteiger partial charge in [0.1, 0.15) is 27.0 Å². The highest BCUT2D eigenvalue weighted by Crippen LogP contribution is 2.35. The van der Waals surface area contributed by atoms with Gasteiger partial charge in [-0.1, -0.05) is 231 Å². The molecular weight excluding hydrogens is 1250 g/mol. The van der Waals surface area contributed by atoms with Crippen LogP contribution in [-0.4, -0.2) is 57.3 Å². The average Bonchev–Trinajstić information content (AvgIpc) is 2.10. The fraction of sp³-hybridized carbons (Fsp3) is 0.192. The highest BCUT2D eigenvalue weighted by Gasteiger charge is 2.23. The van der Waals surface area contributed by atoms with Crippen molar-refractivity contribution in [2.45, 2.75) is 90.5 Å². The van der Waals surface area contributed by atoms with Crippen LogP contribution in [0.1, 0.15) is 107 Å². The minimum atomic E-state index is -1.35. The van der Waals surface area contributed by atoms with Gasteiger partial charge in [0.25, 0.3) is 11.8 Å². The third kappa shape index (κ3) is 22.9. The van der Waals surface area contributed by atoms with E-state index < -0.39 is 7.12 Å². The predicted octanol–water partition coefficient (Wildman–Crippen LogP) is 17.0. The zero-order valence-electron chi connectivity index (χ0n) is 51.6. The van der Waals surface area contributed by atoms with E-state index in [2.05, 4.69) is 149 Å². The zero-order valence-corrected chi connectivity index (χ0v) is 56.5. The van der Waals surface area contributed by atoms with Crippen LogP contribution >= 0.6 is 63.9 Å². The monoisotopic (exact) mass is 1320 g/mol. The summed E-state index contributed by atoms with van der Waals surface area (Å²) in [6.07, 6.45) is 5.48. The number of carbonyl (C=O) groups is 4. The lowest BCUT2D eigenvalue weighted by Gasteiger charge is -2.11. The number of nitriles is 1. The molecule has 0 aromatic heterocycles. The molecule has 0 atom stereocenters. The van der Waals surface area contributed by atoms with E-state index >= 15 is 0 Å². The van der Waals surface area contributed by atoms with Crippen molar-refractivity contribution in [1.82, 2.24) is 10.6 Å². The molecule has 8 aromatic carbocycles. The van der Waals surface area contributed by atoms with Gasteiger partial charge in [-0.15, -0.1) is 0 Å². The molecule has 10 rings (SSSR count). The molecule has 89 heavy (non-hydrogen) atoms. The Bertz CT molecular complexity index is 3960. The van der Waals surface area contributed by atoms with E-state index in [-0.39, 0.29) is 19.2 Å². The summed E-state index contributed by atoms with van der Waals surface area (Å²) >= 11 is 16.0. The first-order valence-corrected chi connectivity index (χ1v) is 31.0. The topological polar surface area (TPSA) is 166 Å². The lowest BCUT2D eigenvalue weighted by atomic mass is 9.79. The second kappa shape index (κ2) is 35.4. The molecule has 2 heterocycles. The molecule has 4 N–H and O–H groups in total. The molecule has 8 aromatic rings. The number of ether oxygens (including phenoxy) is 1. The second-order valence-electron chi connectivity index (χ2n) is 21.2. The van der Waals surface area contributed by atoms with Gasteiger partial charge in [0.15, 0.2) is 0 Å². The quantitative estimate of drug-likeness (QED) is 0.0468. The van der Waals surface area contributed by atoms with Crippen LogP contribution in [0.3, 0.4) is 0 Å². The van der Waals surface area contributed by atoms with Crippen molar-refractivity contribution in [3.8, 4) is 45.2 Å². The van der Waals surface area contributed by atoms with Crippen LogP contribution < -0.4 is 20.8 Å². The summed E-state index contributed by atoms with van der Waals surface area (Å²) in [6.45, 7) is 24.0. The van der Waals surface area contributed by atoms with Crippen LogP contribution in [0.2, 0.25) is 0 Å². The number of thiocarbonyl (C=S) groups is 2. The predicted molar refractivity (Wildman–Crippen MR) is 386 cm³/mol. The maximum Gasteiger partial charge on any atom is 0.488 e. The Morgan fingerprint density at radius 1 is 0.494 bits per heavy atom. The van der Waals surface area contributed by atoms with Crippen LogP contribution in [-0.2, 0) is 9.59 Å². The molecule has 0 unspecified atom stereocenters. The third-order valence-corrected chi connectivity index (χ3v) is 16.4. The first-order valence-electron chi connectivity index (χ1n) is 27.8. The fourth-order valence-corrected chi connectivity index (χ4v) is 12.0. The van der Waals surface area contributed by atoms with Gasteiger partial charge in [-0.3, -0.25) is 19.2 Å². The van der Waals surface area contributed by atoms with Crippen LogP contribution in [0.25, 0.3) is 45.5 Å². The van der Waals surface area contributed by atoms with Gasteiger partial charge in [-0.05, 0) is 180 Å². The number of methoxy groups -OCH3 is 1. The van der Waals surface area contributed by atoms with Crippen molar-refractivity contribution in [2.75, 3.05) is 7.11 Å². The molecule has 16 heteroatoms. The van der Waals surface area contributed by atoms with Crippen LogP contribution in [0.4, 0.5) is 0 Å². The molecule has 0 spiro atoms. The minimum Gasteiger partial charge on any atom is -0.496 e. The highest BCUT2D eigenvalue weighted by atomic mass is 79.9. The molecule has 2 saturated heterocycles. The van der Waals surface area contributed by atoms with Gasteiger partial charge in [-0.25, -0.2) is 0 Å². The number of aldehydes is 2. The number of halogens is 1. The molecule has 2 amide bonds. The molecule has 0 bridgehead atoms. The lowest BCUT2D eigenvalue weighted by molar-refractivity contribution is -0.116. The van der Waals surface area contributed by atoms with Crippen LogP contribution in [0.15, 0.2) is 160 Å². The Hall–Kier alpha value is -7.85. The Labute approximate surface area is 553 Å². The van der Waals surface area contributed by atoms with E-state index in [1.54, 1.807) is 31.4 Å². The van der Waals surface area contributed by atoms with E-state index in [9.17, 15) is 19.2 Å². The van der Waals surface area contributed by atoms with Gasteiger partial charge >= 0.3 is 7.12 Å². The highest BCUT2D eigenvalue weighted by molar-refractivity contribution is 9.10. The van der Waals surface area contributed by atoms with Crippen molar-refractivity contribution in [2.24, 2.45) is 0 Å². The van der Waals surface area contributed by atoms with Crippen molar-refractivity contribution in [1.29, 1.82) is 5.26 Å². The summed E-state index contributed by atoms with van der Waals surface area (Å²) in [5, 5.41) is 30.3. The van der Waals surface area contributed by atoms with Crippen LogP contribution in [0.5, 0.6) is 5.75 Å². The summed E-state index contributed by atoms with van der Waals surface area (Å²) in [6, 6.07) is 50.2. The van der Waals surface area contributed by atoms with Gasteiger partial charge in [0.05, 0.1) is 23.0 Å². The number of rotatable bonds is 9. The SMILES string of the molecule is C.CC#N.COc1ccc(/C=C2\SC(=S)NC2=O)cc1-c1cc(C)cc(C)c1.Cc1cc(C)cc(-c2cc(/C=C3\SC(=S)NC3=O)ccc2C)c1.Cc1cc(C)cc(-c2cc(C=O)ccc2C)c1.Cc1cc(C)cc(B(O)O)c1.Cc1ccc(C=O)cc1Br. The molecule has 458 valence electrons. The first-order chi connectivity index (χ1) is 41.7. The van der Waals surface area contributed by atoms with Gasteiger partial charge in [-0.2, -0.15) is 5.26 Å². The third-order valence-electron chi connectivity index (χ3n) is 13.2. The molecule has 0 radical (unpaired) electrons. The summed E-state index contributed by atoms with van der Waals surface area (Å²) in [5.74, 6) is 0.545. The lowest BCUT2D eigenvalue weighted by Crippen LogP contribution is -2.30. The average molecular weight is 1330 g/mol. The number of hydrogen-bond acceptors (Lipinski definition) is 12. The Kier molecular flexibility index (Phi) is 29.3. The molecule has 0 aliphatic carbocycles. The first kappa shape index (κ1) is 73.6. The number of amides is 2. The largest absolute Gasteiger partial charge is 0.496 e. The van der Waals surface area contributed by atoms with E-state index in [1.807, 2.05) is 93.6 Å². The van der Waals surface area contributed by atoms with Crippen molar-refractivity contribution in [3.63, 3.8) is 0 Å². The summed E-state index contributed by atoms with van der Waals surface area (Å²) in [4.78, 5) is 46.0. The summed E-state index contributed by atoms with van der Waals surface area (Å²) in [5.41, 5.74) is 23.8. The Morgan fingerprint density at radius 2 is 0.809 bits per heavy atom. The molecule has 2 aliphatic rings. The number of benzene rings is 8. The van der Waals surface area contributed by atoms with E-state index in [4.69, 9.17) is 44.5 Å². The number of carbonyl (C=O) groups excluding carboxylic acids is 4. The van der Waals surface area contributed by atoms with E-state index in [0.29, 0.717) is 29.5 Å². The number of aryl methyl sites for hydroxylation is 11. The maximum absolute atomic E-state index is 11.8. The molecule has 0 saturated carbocycles. The standard InChI is InChI=1S/C19H17NO2S2.C19H17NOS2.C16H16O.C8H11BO2.C8H7BrO.C2H3N.CH4/c1-11-6-12(2)8-14(7-11)15-9-13(4-5-16(15)22-3)10-17-18(21)20-19(23)24-17;1-11-6-12(2)8-15(7-11)16-9-14(5-4-13(16)3)10-17-18(21)20-19(22)23-17;1-11-6-12(2)8-15(7-11)16-9-14(10-17)5-4-13(16)3;1-6-3-7(2)5-8(4-6)9(10)11;1-6-2-3-7(5-10)4-8(6)9;1-2-3;/h4-10H,1-3H3,(H,20,21,23);4-10H,1-3H3,(H,20,21,22);4-10H,1-3H3;3-5,10-11H,1-2H3;2-5H,1H3;1H3;1H4/b2*17-10-;;;;;. The summed E-state index contributed by atoms with van der Waals surface area (Å²) in [7, 11) is 0.312. The molecule has 2 fully saturated rings. The number of thioether (sulfide) groups is 2. The molecule has 10 nitrogen and oxygen atoms in total. The second-order valence-corrected chi connectivity index (χ2v) is 25.5. The maximum atomic E-state index is 11.8. The summed E-state index contributed by atoms with van der Waals surface area (Å²) < 4.78 is 7.51. The zero-order chi connectivity index (χ0) is 64.9. The van der Waals surface area contributed by atoms with Gasteiger partial charge in [0.2, 0.25) is 0 Å². The number of hydrogen-bond donors (Lipinski definition) is 4. The fourth-order valence-electron chi connectivity index (χ4n) is 9.48. The minimum absolute atomic E-state index is 0. The number of nitrogens with zero attached hydrogens (tertiary/aromatic N) is 1. The Morgan fingerprint density at radius 3 is 1.15 bits per heavy atom. The van der Waals surface area contributed by atoms with Gasteiger partial charge in [0, 0.05) is 28.1 Å². The smallest absolute Gasteiger partial charge is 0.488 e. The molecule has 2 aliphatic heterocycles. The number of nitrogens with one attached hydrogen (secondary N) is 2. The van der Waals surface area contributed by atoms with Crippen molar-refractivity contribution in [3.05, 3.63) is 243 Å². The molecular formula is C73H75BBrN3O7S4. The van der Waals surface area contributed by atoms with E-state index in [1.165, 1.54) is 91.6 Å². The Balaban J connectivity index is 0.000000243. The van der Waals surface area contributed by atoms with E-state index in [0.717, 1.165) is 72.9 Å². The van der Waals surface area contributed by atoms with Gasteiger partial charge < -0.3 is 25.4 Å². The van der Waals surface area contributed by atoms with Crippen molar-refractivity contribution >= 4 is 122 Å². The van der Waals surface area contributed by atoms with Crippen LogP contribution in [0, 0.1) is 87.5 Å². The normalized spacial score (nSPS) is 12.7. The van der Waals surface area contributed by atoms with Crippen molar-refractivity contribution < 1.29 is 34.0 Å².